The SMILES string of the molecule is Cc1ccc(Cl)cc1NS(=O)(=O)c1ccc(NC(=O)[C@@H](C)Oc2ccccc2)cc1. The monoisotopic (exact) mass is 444 g/mol. The van der Waals surface area contributed by atoms with E-state index in [4.69, 9.17) is 16.3 Å². The van der Waals surface area contributed by atoms with Gasteiger partial charge >= 0.3 is 0 Å². The molecule has 8 heteroatoms. The number of rotatable bonds is 7. The van der Waals surface area contributed by atoms with Gasteiger partial charge in [0.2, 0.25) is 0 Å². The number of sulfonamides is 1. The fourth-order valence-electron chi connectivity index (χ4n) is 2.63. The summed E-state index contributed by atoms with van der Waals surface area (Å²) >= 11 is 5.95. The van der Waals surface area contributed by atoms with Crippen LogP contribution in [-0.2, 0) is 14.8 Å². The Balaban J connectivity index is 1.66. The maximum absolute atomic E-state index is 12.6. The van der Waals surface area contributed by atoms with Crippen molar-refractivity contribution in [2.75, 3.05) is 10.0 Å². The minimum absolute atomic E-state index is 0.0634. The van der Waals surface area contributed by atoms with Crippen LogP contribution in [0, 0.1) is 6.92 Å². The Morgan fingerprint density at radius 1 is 1.00 bits per heavy atom. The third-order valence-electron chi connectivity index (χ3n) is 4.30. The maximum atomic E-state index is 12.6. The topological polar surface area (TPSA) is 84.5 Å². The van der Waals surface area contributed by atoms with Crippen molar-refractivity contribution in [3.8, 4) is 5.75 Å². The molecule has 0 aromatic heterocycles. The van der Waals surface area contributed by atoms with Gasteiger partial charge in [-0.1, -0.05) is 35.9 Å². The summed E-state index contributed by atoms with van der Waals surface area (Å²) < 4.78 is 33.4. The molecular formula is C22H21ClN2O4S. The Bertz CT molecular complexity index is 1130. The lowest BCUT2D eigenvalue weighted by Crippen LogP contribution is -2.30. The molecule has 0 spiro atoms. The second-order valence-corrected chi connectivity index (χ2v) is 8.77. The molecule has 0 aliphatic heterocycles. The molecule has 156 valence electrons. The van der Waals surface area contributed by atoms with Gasteiger partial charge in [0, 0.05) is 10.7 Å². The van der Waals surface area contributed by atoms with E-state index in [1.165, 1.54) is 24.3 Å². The molecule has 3 aromatic rings. The summed E-state index contributed by atoms with van der Waals surface area (Å²) in [6.07, 6.45) is -0.719. The Morgan fingerprint density at radius 2 is 1.67 bits per heavy atom. The third kappa shape index (κ3) is 5.52. The van der Waals surface area contributed by atoms with Gasteiger partial charge in [0.1, 0.15) is 5.75 Å². The van der Waals surface area contributed by atoms with E-state index in [1.54, 1.807) is 44.2 Å². The van der Waals surface area contributed by atoms with Crippen molar-refractivity contribution in [3.05, 3.63) is 83.4 Å². The number of amides is 1. The molecule has 0 fully saturated rings. The lowest BCUT2D eigenvalue weighted by molar-refractivity contribution is -0.122. The molecular weight excluding hydrogens is 424 g/mol. The van der Waals surface area contributed by atoms with E-state index in [0.29, 0.717) is 22.1 Å². The minimum Gasteiger partial charge on any atom is -0.481 e. The van der Waals surface area contributed by atoms with Crippen LogP contribution in [0.5, 0.6) is 5.75 Å². The van der Waals surface area contributed by atoms with E-state index in [1.807, 2.05) is 18.2 Å². The van der Waals surface area contributed by atoms with Crippen molar-refractivity contribution < 1.29 is 17.9 Å². The highest BCUT2D eigenvalue weighted by atomic mass is 35.5. The van der Waals surface area contributed by atoms with Gasteiger partial charge in [-0.25, -0.2) is 8.42 Å². The second kappa shape index (κ2) is 9.19. The molecule has 0 aliphatic rings. The number of carbonyl (C=O) groups is 1. The first-order valence-electron chi connectivity index (χ1n) is 9.16. The van der Waals surface area contributed by atoms with Gasteiger partial charge in [0.05, 0.1) is 10.6 Å². The first-order valence-corrected chi connectivity index (χ1v) is 11.0. The molecule has 0 saturated carbocycles. The Morgan fingerprint density at radius 3 is 2.33 bits per heavy atom. The van der Waals surface area contributed by atoms with Gasteiger partial charge < -0.3 is 10.1 Å². The molecule has 0 unspecified atom stereocenters. The smallest absolute Gasteiger partial charge is 0.265 e. The van der Waals surface area contributed by atoms with E-state index in [2.05, 4.69) is 10.0 Å². The van der Waals surface area contributed by atoms with Crippen molar-refractivity contribution in [2.24, 2.45) is 0 Å². The number of benzene rings is 3. The van der Waals surface area contributed by atoms with Gasteiger partial charge in [-0.2, -0.15) is 0 Å². The number of nitrogens with one attached hydrogen (secondary N) is 2. The number of aryl methyl sites for hydroxylation is 1. The number of carbonyl (C=O) groups excluding carboxylic acids is 1. The predicted molar refractivity (Wildman–Crippen MR) is 119 cm³/mol. The fourth-order valence-corrected chi connectivity index (χ4v) is 3.92. The molecule has 0 radical (unpaired) electrons. The van der Waals surface area contributed by atoms with Crippen LogP contribution in [0.3, 0.4) is 0 Å². The zero-order valence-corrected chi connectivity index (χ0v) is 18.0. The third-order valence-corrected chi connectivity index (χ3v) is 5.92. The number of hydrogen-bond donors (Lipinski definition) is 2. The van der Waals surface area contributed by atoms with Crippen LogP contribution in [0.25, 0.3) is 0 Å². The van der Waals surface area contributed by atoms with Crippen molar-refractivity contribution in [1.82, 2.24) is 0 Å². The highest BCUT2D eigenvalue weighted by Gasteiger charge is 2.17. The summed E-state index contributed by atoms with van der Waals surface area (Å²) in [5.41, 5.74) is 1.62. The normalized spacial score (nSPS) is 12.1. The van der Waals surface area contributed by atoms with Crippen LogP contribution >= 0.6 is 11.6 Å². The zero-order chi connectivity index (χ0) is 21.7. The summed E-state index contributed by atoms with van der Waals surface area (Å²) in [6.45, 7) is 3.42. The van der Waals surface area contributed by atoms with E-state index in [9.17, 15) is 13.2 Å². The molecule has 0 bridgehead atoms. The van der Waals surface area contributed by atoms with Crippen molar-refractivity contribution in [3.63, 3.8) is 0 Å². The van der Waals surface area contributed by atoms with Gasteiger partial charge in [0.15, 0.2) is 6.10 Å². The molecule has 3 aromatic carbocycles. The second-order valence-electron chi connectivity index (χ2n) is 6.65. The molecule has 0 heterocycles. The Kier molecular flexibility index (Phi) is 6.64. The maximum Gasteiger partial charge on any atom is 0.265 e. The molecule has 30 heavy (non-hydrogen) atoms. The molecule has 2 N–H and O–H groups in total. The van der Waals surface area contributed by atoms with Crippen molar-refractivity contribution >= 4 is 38.9 Å². The quantitative estimate of drug-likeness (QED) is 0.545. The van der Waals surface area contributed by atoms with E-state index in [-0.39, 0.29) is 10.8 Å². The Hall–Kier alpha value is -3.03. The average molecular weight is 445 g/mol. The number of anilines is 2. The van der Waals surface area contributed by atoms with Crippen LogP contribution in [0.2, 0.25) is 5.02 Å². The van der Waals surface area contributed by atoms with Crippen molar-refractivity contribution in [2.45, 2.75) is 24.8 Å². The number of ether oxygens (including phenoxy) is 1. The zero-order valence-electron chi connectivity index (χ0n) is 16.4. The van der Waals surface area contributed by atoms with Gasteiger partial charge in [-0.15, -0.1) is 0 Å². The lowest BCUT2D eigenvalue weighted by atomic mass is 10.2. The molecule has 0 saturated heterocycles. The summed E-state index contributed by atoms with van der Waals surface area (Å²) in [7, 11) is -3.80. The Labute approximate surface area is 180 Å². The van der Waals surface area contributed by atoms with E-state index >= 15 is 0 Å². The summed E-state index contributed by atoms with van der Waals surface area (Å²) in [4.78, 5) is 12.4. The molecule has 6 nitrogen and oxygen atoms in total. The minimum atomic E-state index is -3.80. The number of halogens is 1. The predicted octanol–water partition coefficient (Wildman–Crippen LogP) is 4.86. The van der Waals surface area contributed by atoms with Crippen LogP contribution in [0.4, 0.5) is 11.4 Å². The van der Waals surface area contributed by atoms with Crippen LogP contribution < -0.4 is 14.8 Å². The van der Waals surface area contributed by atoms with Crippen LogP contribution in [-0.4, -0.2) is 20.4 Å². The summed E-state index contributed by atoms with van der Waals surface area (Å²) in [6, 6.07) is 19.9. The standard InChI is InChI=1S/C22H21ClN2O4S/c1-15-8-9-17(23)14-21(15)25-30(27,28)20-12-10-18(11-13-20)24-22(26)16(2)29-19-6-4-3-5-7-19/h3-14,16,25H,1-2H3,(H,24,26)/t16-/m1/s1. The van der Waals surface area contributed by atoms with Gasteiger partial charge in [-0.05, 0) is 67.9 Å². The van der Waals surface area contributed by atoms with Gasteiger partial charge in [-0.3, -0.25) is 9.52 Å². The largest absolute Gasteiger partial charge is 0.481 e. The van der Waals surface area contributed by atoms with Crippen LogP contribution in [0.1, 0.15) is 12.5 Å². The fraction of sp³-hybridized carbons (Fsp3) is 0.136. The number of hydrogen-bond acceptors (Lipinski definition) is 4. The summed E-state index contributed by atoms with van der Waals surface area (Å²) in [5, 5.41) is 3.14. The first-order chi connectivity index (χ1) is 14.2. The molecule has 1 amide bonds. The molecule has 3 rings (SSSR count). The van der Waals surface area contributed by atoms with Gasteiger partial charge in [0.25, 0.3) is 15.9 Å². The first kappa shape index (κ1) is 21.7. The highest BCUT2D eigenvalue weighted by molar-refractivity contribution is 7.92. The highest BCUT2D eigenvalue weighted by Crippen LogP contribution is 2.24. The lowest BCUT2D eigenvalue weighted by Gasteiger charge is -2.15. The molecule has 1 atom stereocenters. The number of para-hydroxylation sites is 1. The molecule has 0 aliphatic carbocycles. The summed E-state index contributed by atoms with van der Waals surface area (Å²) in [5.74, 6) is 0.242. The van der Waals surface area contributed by atoms with Crippen molar-refractivity contribution in [1.29, 1.82) is 0 Å². The van der Waals surface area contributed by atoms with Crippen LogP contribution in [0.15, 0.2) is 77.7 Å². The van der Waals surface area contributed by atoms with E-state index in [0.717, 1.165) is 5.56 Å². The van der Waals surface area contributed by atoms with E-state index < -0.39 is 16.1 Å². The average Bonchev–Trinajstić information content (AvgIpc) is 2.71.